The predicted octanol–water partition coefficient (Wildman–Crippen LogP) is 3.16. The fraction of sp³-hybridized carbons (Fsp3) is 0.400. The van der Waals surface area contributed by atoms with E-state index in [1.165, 1.54) is 6.26 Å². The van der Waals surface area contributed by atoms with E-state index < -0.39 is 5.92 Å². The zero-order chi connectivity index (χ0) is 10.6. The van der Waals surface area contributed by atoms with Gasteiger partial charge in [-0.1, -0.05) is 13.3 Å². The SMILES string of the molecule is CCCC(C#N)C(=O)c1ccoc1Br. The highest BCUT2D eigenvalue weighted by Gasteiger charge is 2.22. The minimum absolute atomic E-state index is 0.171. The predicted molar refractivity (Wildman–Crippen MR) is 54.7 cm³/mol. The van der Waals surface area contributed by atoms with Gasteiger partial charge in [0.2, 0.25) is 0 Å². The van der Waals surface area contributed by atoms with Crippen LogP contribution in [-0.2, 0) is 0 Å². The summed E-state index contributed by atoms with van der Waals surface area (Å²) in [5, 5.41) is 8.80. The van der Waals surface area contributed by atoms with Gasteiger partial charge in [-0.3, -0.25) is 4.79 Å². The van der Waals surface area contributed by atoms with Crippen LogP contribution in [-0.4, -0.2) is 5.78 Å². The monoisotopic (exact) mass is 255 g/mol. The molecule has 3 nitrogen and oxygen atoms in total. The van der Waals surface area contributed by atoms with E-state index in [1.807, 2.05) is 13.0 Å². The zero-order valence-corrected chi connectivity index (χ0v) is 9.37. The molecule has 74 valence electrons. The van der Waals surface area contributed by atoms with E-state index in [1.54, 1.807) is 6.07 Å². The average Bonchev–Trinajstić information content (AvgIpc) is 2.59. The molecule has 14 heavy (non-hydrogen) atoms. The molecular formula is C10H10BrNO2. The van der Waals surface area contributed by atoms with Crippen LogP contribution in [0.4, 0.5) is 0 Å². The van der Waals surface area contributed by atoms with E-state index in [-0.39, 0.29) is 5.78 Å². The van der Waals surface area contributed by atoms with E-state index in [0.717, 1.165) is 6.42 Å². The Morgan fingerprint density at radius 2 is 2.50 bits per heavy atom. The first-order chi connectivity index (χ1) is 6.70. The lowest BCUT2D eigenvalue weighted by molar-refractivity contribution is 0.0942. The minimum Gasteiger partial charge on any atom is -0.457 e. The molecular weight excluding hydrogens is 246 g/mol. The molecule has 1 heterocycles. The van der Waals surface area contributed by atoms with Crippen LogP contribution < -0.4 is 0 Å². The summed E-state index contributed by atoms with van der Waals surface area (Å²) < 4.78 is 5.35. The minimum atomic E-state index is -0.561. The van der Waals surface area contributed by atoms with Crippen molar-refractivity contribution in [2.45, 2.75) is 19.8 Å². The molecule has 0 saturated carbocycles. The number of rotatable bonds is 4. The van der Waals surface area contributed by atoms with E-state index in [4.69, 9.17) is 9.68 Å². The summed E-state index contributed by atoms with van der Waals surface area (Å²) in [4.78, 5) is 11.7. The highest BCUT2D eigenvalue weighted by atomic mass is 79.9. The molecule has 0 N–H and O–H groups in total. The van der Waals surface area contributed by atoms with Crippen molar-refractivity contribution in [3.8, 4) is 6.07 Å². The lowest BCUT2D eigenvalue weighted by atomic mass is 9.97. The Kier molecular flexibility index (Phi) is 3.90. The lowest BCUT2D eigenvalue weighted by Crippen LogP contribution is -2.12. The molecule has 0 amide bonds. The molecule has 0 bridgehead atoms. The van der Waals surface area contributed by atoms with Gasteiger partial charge in [0.15, 0.2) is 10.5 Å². The fourth-order valence-corrected chi connectivity index (χ4v) is 1.64. The van der Waals surface area contributed by atoms with E-state index in [0.29, 0.717) is 16.7 Å². The summed E-state index contributed by atoms with van der Waals surface area (Å²) >= 11 is 3.12. The van der Waals surface area contributed by atoms with Gasteiger partial charge in [0.25, 0.3) is 0 Å². The van der Waals surface area contributed by atoms with Crippen LogP contribution in [0.15, 0.2) is 21.4 Å². The summed E-state index contributed by atoms with van der Waals surface area (Å²) in [6.07, 6.45) is 2.84. The van der Waals surface area contributed by atoms with Crippen LogP contribution in [0.3, 0.4) is 0 Å². The Morgan fingerprint density at radius 3 is 2.93 bits per heavy atom. The van der Waals surface area contributed by atoms with Crippen molar-refractivity contribution in [1.82, 2.24) is 0 Å². The van der Waals surface area contributed by atoms with Gasteiger partial charge in [-0.25, -0.2) is 0 Å². The summed E-state index contributed by atoms with van der Waals surface area (Å²) in [7, 11) is 0. The summed E-state index contributed by atoms with van der Waals surface area (Å²) in [5.41, 5.74) is 0.449. The quantitative estimate of drug-likeness (QED) is 0.777. The standard InChI is InChI=1S/C10H10BrNO2/c1-2-3-7(6-12)9(13)8-4-5-14-10(8)11/h4-5,7H,2-3H2,1H3. The molecule has 0 aromatic carbocycles. The van der Waals surface area contributed by atoms with Crippen molar-refractivity contribution >= 4 is 21.7 Å². The maximum Gasteiger partial charge on any atom is 0.184 e. The highest BCUT2D eigenvalue weighted by Crippen LogP contribution is 2.22. The van der Waals surface area contributed by atoms with Gasteiger partial charge in [-0.05, 0) is 28.4 Å². The molecule has 1 unspecified atom stereocenters. The van der Waals surface area contributed by atoms with Gasteiger partial charge in [-0.15, -0.1) is 0 Å². The first-order valence-electron chi connectivity index (χ1n) is 4.37. The molecule has 0 spiro atoms. The van der Waals surface area contributed by atoms with Crippen LogP contribution in [0, 0.1) is 17.2 Å². The number of nitrogens with zero attached hydrogens (tertiary/aromatic N) is 1. The van der Waals surface area contributed by atoms with Crippen molar-refractivity contribution in [1.29, 1.82) is 5.26 Å². The van der Waals surface area contributed by atoms with Crippen molar-refractivity contribution in [2.75, 3.05) is 0 Å². The second-order valence-corrected chi connectivity index (χ2v) is 3.66. The number of furan rings is 1. The Morgan fingerprint density at radius 1 is 1.79 bits per heavy atom. The third-order valence-corrected chi connectivity index (χ3v) is 2.55. The molecule has 1 aromatic heterocycles. The number of Topliss-reactive ketones (excluding diaryl/α,β-unsaturated/α-hetero) is 1. The van der Waals surface area contributed by atoms with E-state index in [9.17, 15) is 4.79 Å². The van der Waals surface area contributed by atoms with Crippen molar-refractivity contribution in [2.24, 2.45) is 5.92 Å². The molecule has 0 radical (unpaired) electrons. The molecule has 0 saturated heterocycles. The largest absolute Gasteiger partial charge is 0.457 e. The van der Waals surface area contributed by atoms with Gasteiger partial charge in [0.05, 0.1) is 17.9 Å². The van der Waals surface area contributed by atoms with Crippen LogP contribution in [0.5, 0.6) is 0 Å². The van der Waals surface area contributed by atoms with Crippen molar-refractivity contribution < 1.29 is 9.21 Å². The first kappa shape index (κ1) is 11.0. The number of halogens is 1. The molecule has 1 atom stereocenters. The van der Waals surface area contributed by atoms with Crippen molar-refractivity contribution in [3.63, 3.8) is 0 Å². The normalized spacial score (nSPS) is 12.1. The number of hydrogen-bond donors (Lipinski definition) is 0. The molecule has 4 heteroatoms. The van der Waals surface area contributed by atoms with Gasteiger partial charge in [0, 0.05) is 0 Å². The Balaban J connectivity index is 2.85. The maximum absolute atomic E-state index is 11.7. The molecule has 0 aliphatic rings. The Hall–Kier alpha value is -1.08. The number of carbonyl (C=O) groups excluding carboxylic acids is 1. The van der Waals surface area contributed by atoms with Crippen LogP contribution in [0.1, 0.15) is 30.1 Å². The van der Waals surface area contributed by atoms with Crippen LogP contribution in [0.2, 0.25) is 0 Å². The number of ketones is 1. The second-order valence-electron chi connectivity index (χ2n) is 2.94. The molecule has 0 aliphatic carbocycles. The molecule has 0 fully saturated rings. The first-order valence-corrected chi connectivity index (χ1v) is 5.16. The van der Waals surface area contributed by atoms with Gasteiger partial charge in [0.1, 0.15) is 5.92 Å². The van der Waals surface area contributed by atoms with Crippen molar-refractivity contribution in [3.05, 3.63) is 22.6 Å². The Labute approximate surface area is 90.8 Å². The maximum atomic E-state index is 11.7. The third kappa shape index (κ3) is 2.24. The van der Waals surface area contributed by atoms with E-state index in [2.05, 4.69) is 15.9 Å². The highest BCUT2D eigenvalue weighted by molar-refractivity contribution is 9.10. The summed E-state index contributed by atoms with van der Waals surface area (Å²) in [5.74, 6) is -0.733. The van der Waals surface area contributed by atoms with Gasteiger partial charge < -0.3 is 4.42 Å². The lowest BCUT2D eigenvalue weighted by Gasteiger charge is -2.04. The summed E-state index contributed by atoms with van der Waals surface area (Å²) in [6.45, 7) is 1.95. The number of hydrogen-bond acceptors (Lipinski definition) is 3. The van der Waals surface area contributed by atoms with Gasteiger partial charge >= 0.3 is 0 Å². The zero-order valence-electron chi connectivity index (χ0n) is 7.79. The molecule has 0 aliphatic heterocycles. The fourth-order valence-electron chi connectivity index (χ4n) is 1.20. The number of carbonyl (C=O) groups is 1. The Bertz CT molecular complexity index is 364. The van der Waals surface area contributed by atoms with Gasteiger partial charge in [-0.2, -0.15) is 5.26 Å². The van der Waals surface area contributed by atoms with Crippen LogP contribution in [0.25, 0.3) is 0 Å². The average molecular weight is 256 g/mol. The van der Waals surface area contributed by atoms with E-state index >= 15 is 0 Å². The third-order valence-electron chi connectivity index (χ3n) is 1.93. The second kappa shape index (κ2) is 4.97. The molecule has 1 aromatic rings. The topological polar surface area (TPSA) is 54.0 Å². The molecule has 1 rings (SSSR count). The van der Waals surface area contributed by atoms with Crippen LogP contribution >= 0.6 is 15.9 Å². The number of nitriles is 1. The summed E-state index contributed by atoms with van der Waals surface area (Å²) in [6, 6.07) is 3.58. The smallest absolute Gasteiger partial charge is 0.184 e.